The van der Waals surface area contributed by atoms with Crippen molar-refractivity contribution in [3.8, 4) is 0 Å². The quantitative estimate of drug-likeness (QED) is 0.908. The van der Waals surface area contributed by atoms with Crippen LogP contribution in [0.25, 0.3) is 0 Å². The predicted octanol–water partition coefficient (Wildman–Crippen LogP) is 2.42. The van der Waals surface area contributed by atoms with Crippen LogP contribution in [0.2, 0.25) is 0 Å². The summed E-state index contributed by atoms with van der Waals surface area (Å²) in [5.41, 5.74) is -0.452. The summed E-state index contributed by atoms with van der Waals surface area (Å²) in [6, 6.07) is 9.79. The molecular formula is C16H20F2N2O. The van der Waals surface area contributed by atoms with E-state index in [0.717, 1.165) is 5.56 Å². The topological polar surface area (TPSA) is 32.3 Å². The molecular weight excluding hydrogens is 274 g/mol. The minimum Gasteiger partial charge on any atom is -0.355 e. The Morgan fingerprint density at radius 1 is 1.19 bits per heavy atom. The summed E-state index contributed by atoms with van der Waals surface area (Å²) in [5.74, 6) is -3.39. The fourth-order valence-corrected chi connectivity index (χ4v) is 3.47. The number of hydrogen-bond donors (Lipinski definition) is 1. The summed E-state index contributed by atoms with van der Waals surface area (Å²) in [6.07, 6.45) is 0.658. The van der Waals surface area contributed by atoms with Crippen molar-refractivity contribution in [3.63, 3.8) is 0 Å². The Labute approximate surface area is 123 Å². The van der Waals surface area contributed by atoms with E-state index in [1.54, 1.807) is 0 Å². The van der Waals surface area contributed by atoms with Crippen LogP contribution in [0.5, 0.6) is 0 Å². The molecule has 1 unspecified atom stereocenters. The molecule has 1 spiro atoms. The van der Waals surface area contributed by atoms with Gasteiger partial charge in [0.25, 0.3) is 5.92 Å². The molecule has 0 aliphatic carbocycles. The molecule has 1 N–H and O–H groups in total. The van der Waals surface area contributed by atoms with Gasteiger partial charge in [0.2, 0.25) is 5.91 Å². The average molecular weight is 294 g/mol. The Morgan fingerprint density at radius 2 is 1.95 bits per heavy atom. The SMILES string of the molecule is O=C1NCCCC12CN(Cc1ccccc1)CCC2(F)F. The first-order valence-electron chi connectivity index (χ1n) is 7.46. The van der Waals surface area contributed by atoms with Crippen molar-refractivity contribution in [2.75, 3.05) is 19.6 Å². The molecule has 2 heterocycles. The number of amides is 1. The predicted molar refractivity (Wildman–Crippen MR) is 76.0 cm³/mol. The zero-order valence-electron chi connectivity index (χ0n) is 11.9. The summed E-state index contributed by atoms with van der Waals surface area (Å²) in [6.45, 7) is 1.60. The second-order valence-electron chi connectivity index (χ2n) is 6.09. The van der Waals surface area contributed by atoms with Gasteiger partial charge in [0.1, 0.15) is 5.41 Å². The van der Waals surface area contributed by atoms with Crippen LogP contribution in [0, 0.1) is 5.41 Å². The van der Waals surface area contributed by atoms with Crippen LogP contribution in [-0.4, -0.2) is 36.4 Å². The molecule has 2 saturated heterocycles. The van der Waals surface area contributed by atoms with Gasteiger partial charge < -0.3 is 5.32 Å². The number of carbonyl (C=O) groups is 1. The molecule has 1 atom stereocenters. The van der Waals surface area contributed by atoms with E-state index in [-0.39, 0.29) is 19.4 Å². The van der Waals surface area contributed by atoms with Gasteiger partial charge in [-0.3, -0.25) is 9.69 Å². The van der Waals surface area contributed by atoms with Crippen LogP contribution in [0.1, 0.15) is 24.8 Å². The van der Waals surface area contributed by atoms with Crippen molar-refractivity contribution in [2.45, 2.75) is 31.7 Å². The summed E-state index contributed by atoms with van der Waals surface area (Å²) in [7, 11) is 0. The number of hydrogen-bond acceptors (Lipinski definition) is 2. The first-order chi connectivity index (χ1) is 10.0. The van der Waals surface area contributed by atoms with E-state index in [1.807, 2.05) is 35.2 Å². The third kappa shape index (κ3) is 2.55. The Balaban J connectivity index is 1.80. The lowest BCUT2D eigenvalue weighted by Crippen LogP contribution is -2.64. The molecule has 3 rings (SSSR count). The van der Waals surface area contributed by atoms with E-state index in [1.165, 1.54) is 0 Å². The molecule has 5 heteroatoms. The fraction of sp³-hybridized carbons (Fsp3) is 0.562. The Morgan fingerprint density at radius 3 is 2.67 bits per heavy atom. The summed E-state index contributed by atoms with van der Waals surface area (Å²) in [5, 5.41) is 2.64. The van der Waals surface area contributed by atoms with Gasteiger partial charge in [-0.15, -0.1) is 0 Å². The van der Waals surface area contributed by atoms with Crippen molar-refractivity contribution in [3.05, 3.63) is 35.9 Å². The highest BCUT2D eigenvalue weighted by Crippen LogP contribution is 2.48. The normalized spacial score (nSPS) is 29.3. The molecule has 0 bridgehead atoms. The molecule has 114 valence electrons. The number of nitrogens with one attached hydrogen (secondary N) is 1. The Kier molecular flexibility index (Phi) is 3.69. The highest BCUT2D eigenvalue weighted by Gasteiger charge is 2.61. The Bertz CT molecular complexity index is 520. The molecule has 1 aromatic carbocycles. The third-order valence-electron chi connectivity index (χ3n) is 4.69. The average Bonchev–Trinajstić information content (AvgIpc) is 2.47. The molecule has 2 fully saturated rings. The van der Waals surface area contributed by atoms with Crippen LogP contribution in [0.15, 0.2) is 30.3 Å². The molecule has 0 radical (unpaired) electrons. The standard InChI is InChI=1S/C16H20F2N2O/c17-16(18)8-10-20(11-13-5-2-1-3-6-13)12-15(16)7-4-9-19-14(15)21/h1-3,5-6H,4,7-12H2,(H,19,21). The Hall–Kier alpha value is -1.49. The van der Waals surface area contributed by atoms with Crippen LogP contribution in [0.4, 0.5) is 8.78 Å². The number of nitrogens with zero attached hydrogens (tertiary/aromatic N) is 1. The van der Waals surface area contributed by atoms with Crippen LogP contribution in [0.3, 0.4) is 0 Å². The molecule has 2 aliphatic rings. The number of halogens is 2. The second-order valence-corrected chi connectivity index (χ2v) is 6.09. The number of rotatable bonds is 2. The van der Waals surface area contributed by atoms with Crippen LogP contribution >= 0.6 is 0 Å². The lowest BCUT2D eigenvalue weighted by molar-refractivity contribution is -0.189. The van der Waals surface area contributed by atoms with E-state index >= 15 is 0 Å². The molecule has 0 saturated carbocycles. The monoisotopic (exact) mass is 294 g/mol. The number of carbonyl (C=O) groups excluding carboxylic acids is 1. The second kappa shape index (κ2) is 5.37. The van der Waals surface area contributed by atoms with Crippen molar-refractivity contribution < 1.29 is 13.6 Å². The van der Waals surface area contributed by atoms with Gasteiger partial charge in [-0.2, -0.15) is 0 Å². The number of piperidine rings is 2. The summed E-state index contributed by atoms with van der Waals surface area (Å²) >= 11 is 0. The van der Waals surface area contributed by atoms with Gasteiger partial charge in [-0.05, 0) is 18.4 Å². The van der Waals surface area contributed by atoms with Gasteiger partial charge in [0.15, 0.2) is 0 Å². The lowest BCUT2D eigenvalue weighted by Gasteiger charge is -2.48. The van der Waals surface area contributed by atoms with E-state index in [9.17, 15) is 13.6 Å². The molecule has 1 aromatic rings. The van der Waals surface area contributed by atoms with Gasteiger partial charge >= 0.3 is 0 Å². The highest BCUT2D eigenvalue weighted by atomic mass is 19.3. The first kappa shape index (κ1) is 14.4. The van der Waals surface area contributed by atoms with Crippen molar-refractivity contribution >= 4 is 5.91 Å². The van der Waals surface area contributed by atoms with E-state index in [0.29, 0.717) is 26.1 Å². The van der Waals surface area contributed by atoms with Crippen molar-refractivity contribution in [1.82, 2.24) is 10.2 Å². The minimum absolute atomic E-state index is 0.140. The number of likely N-dealkylation sites (tertiary alicyclic amines) is 1. The molecule has 2 aliphatic heterocycles. The zero-order chi connectivity index (χ0) is 14.9. The van der Waals surface area contributed by atoms with Crippen LogP contribution in [-0.2, 0) is 11.3 Å². The molecule has 21 heavy (non-hydrogen) atoms. The van der Waals surface area contributed by atoms with E-state index in [2.05, 4.69) is 5.32 Å². The maximum absolute atomic E-state index is 14.4. The molecule has 3 nitrogen and oxygen atoms in total. The largest absolute Gasteiger partial charge is 0.355 e. The number of alkyl halides is 2. The molecule has 0 aromatic heterocycles. The number of benzene rings is 1. The van der Waals surface area contributed by atoms with Gasteiger partial charge in [0, 0.05) is 32.6 Å². The lowest BCUT2D eigenvalue weighted by atomic mass is 9.70. The third-order valence-corrected chi connectivity index (χ3v) is 4.69. The molecule has 1 amide bonds. The minimum atomic E-state index is -2.91. The van der Waals surface area contributed by atoms with Crippen LogP contribution < -0.4 is 5.32 Å². The maximum atomic E-state index is 14.4. The van der Waals surface area contributed by atoms with E-state index in [4.69, 9.17) is 0 Å². The smallest absolute Gasteiger partial charge is 0.264 e. The van der Waals surface area contributed by atoms with E-state index < -0.39 is 17.2 Å². The zero-order valence-corrected chi connectivity index (χ0v) is 11.9. The summed E-state index contributed by atoms with van der Waals surface area (Å²) < 4.78 is 28.8. The van der Waals surface area contributed by atoms with Gasteiger partial charge in [-0.25, -0.2) is 8.78 Å². The van der Waals surface area contributed by atoms with Gasteiger partial charge in [0.05, 0.1) is 0 Å². The first-order valence-corrected chi connectivity index (χ1v) is 7.46. The maximum Gasteiger partial charge on any atom is 0.264 e. The summed E-state index contributed by atoms with van der Waals surface area (Å²) in [4.78, 5) is 14.2. The van der Waals surface area contributed by atoms with Crippen molar-refractivity contribution in [2.24, 2.45) is 5.41 Å². The van der Waals surface area contributed by atoms with Gasteiger partial charge in [-0.1, -0.05) is 30.3 Å². The highest BCUT2D eigenvalue weighted by molar-refractivity contribution is 5.85. The van der Waals surface area contributed by atoms with Crippen molar-refractivity contribution in [1.29, 1.82) is 0 Å². The fourth-order valence-electron chi connectivity index (χ4n) is 3.47.